The highest BCUT2D eigenvalue weighted by atomic mass is 16.5. The molecular formula is C25H31N3O2. The Bertz CT molecular complexity index is 808. The van der Waals surface area contributed by atoms with Crippen LogP contribution in [0, 0.1) is 0 Å². The molecule has 1 unspecified atom stereocenters. The number of para-hydroxylation sites is 2. The fourth-order valence-electron chi connectivity index (χ4n) is 4.27. The lowest BCUT2D eigenvalue weighted by Gasteiger charge is -2.40. The second-order valence-corrected chi connectivity index (χ2v) is 7.87. The first-order chi connectivity index (χ1) is 14.8. The van der Waals surface area contributed by atoms with Crippen LogP contribution in [0.25, 0.3) is 0 Å². The summed E-state index contributed by atoms with van der Waals surface area (Å²) in [6.45, 7) is 5.11. The quantitative estimate of drug-likeness (QED) is 0.624. The van der Waals surface area contributed by atoms with Gasteiger partial charge in [-0.3, -0.25) is 4.99 Å². The molecular weight excluding hydrogens is 374 g/mol. The SMILES string of the molecule is COC1=CC=NCC1(CN(c1ccccc1)c1ccccc1)OCCN1CCCC1. The van der Waals surface area contributed by atoms with Crippen LogP contribution in [0.2, 0.25) is 0 Å². The second kappa shape index (κ2) is 9.92. The van der Waals surface area contributed by atoms with E-state index in [4.69, 9.17) is 9.47 Å². The summed E-state index contributed by atoms with van der Waals surface area (Å²) in [5.41, 5.74) is 1.61. The van der Waals surface area contributed by atoms with E-state index >= 15 is 0 Å². The molecule has 0 bridgehead atoms. The molecule has 2 heterocycles. The van der Waals surface area contributed by atoms with Crippen LogP contribution in [-0.4, -0.2) is 63.2 Å². The zero-order chi connectivity index (χ0) is 20.7. The van der Waals surface area contributed by atoms with Crippen molar-refractivity contribution in [2.24, 2.45) is 4.99 Å². The van der Waals surface area contributed by atoms with Crippen molar-refractivity contribution in [3.8, 4) is 0 Å². The maximum atomic E-state index is 6.62. The van der Waals surface area contributed by atoms with Gasteiger partial charge < -0.3 is 19.3 Å². The van der Waals surface area contributed by atoms with E-state index in [1.165, 1.54) is 25.9 Å². The van der Waals surface area contributed by atoms with Gasteiger partial charge in [0.15, 0.2) is 5.60 Å². The lowest BCUT2D eigenvalue weighted by Crippen LogP contribution is -2.50. The molecule has 0 amide bonds. The molecule has 0 saturated carbocycles. The van der Waals surface area contributed by atoms with E-state index in [0.717, 1.165) is 23.7 Å². The molecule has 2 aliphatic heterocycles. The Morgan fingerprint density at radius 1 is 0.967 bits per heavy atom. The number of likely N-dealkylation sites (tertiary alicyclic amines) is 1. The zero-order valence-electron chi connectivity index (χ0n) is 17.7. The minimum Gasteiger partial charge on any atom is -0.498 e. The Morgan fingerprint density at radius 3 is 2.20 bits per heavy atom. The Balaban J connectivity index is 1.61. The highest BCUT2D eigenvalue weighted by Crippen LogP contribution is 2.33. The van der Waals surface area contributed by atoms with Gasteiger partial charge in [0.25, 0.3) is 0 Å². The van der Waals surface area contributed by atoms with Gasteiger partial charge in [0.05, 0.1) is 26.8 Å². The predicted octanol–water partition coefficient (Wildman–Crippen LogP) is 4.29. The standard InChI is InChI=1S/C25H31N3O2/c1-29-24-14-15-26-20-25(24,30-19-18-27-16-8-9-17-27)21-28(22-10-4-2-5-11-22)23-12-6-3-7-13-23/h2-7,10-15H,8-9,16-21H2,1H3. The first-order valence-electron chi connectivity index (χ1n) is 10.8. The fraction of sp³-hybridized carbons (Fsp3) is 0.400. The highest BCUT2D eigenvalue weighted by molar-refractivity contribution is 5.74. The number of ether oxygens (including phenoxy) is 2. The molecule has 158 valence electrons. The summed E-state index contributed by atoms with van der Waals surface area (Å²) in [6, 6.07) is 20.9. The molecule has 1 atom stereocenters. The van der Waals surface area contributed by atoms with E-state index in [-0.39, 0.29) is 0 Å². The van der Waals surface area contributed by atoms with Crippen LogP contribution in [0.4, 0.5) is 11.4 Å². The molecule has 4 rings (SSSR count). The topological polar surface area (TPSA) is 37.3 Å². The van der Waals surface area contributed by atoms with Gasteiger partial charge in [-0.05, 0) is 56.3 Å². The smallest absolute Gasteiger partial charge is 0.162 e. The first-order valence-corrected chi connectivity index (χ1v) is 10.8. The molecule has 0 spiro atoms. The monoisotopic (exact) mass is 405 g/mol. The van der Waals surface area contributed by atoms with Gasteiger partial charge in [-0.25, -0.2) is 0 Å². The van der Waals surface area contributed by atoms with Gasteiger partial charge in [0.2, 0.25) is 0 Å². The number of hydrogen-bond acceptors (Lipinski definition) is 5. The van der Waals surface area contributed by atoms with Crippen LogP contribution < -0.4 is 4.90 Å². The molecule has 30 heavy (non-hydrogen) atoms. The summed E-state index contributed by atoms with van der Waals surface area (Å²) >= 11 is 0. The summed E-state index contributed by atoms with van der Waals surface area (Å²) in [7, 11) is 1.72. The molecule has 0 radical (unpaired) electrons. The van der Waals surface area contributed by atoms with Crippen molar-refractivity contribution in [3.63, 3.8) is 0 Å². The van der Waals surface area contributed by atoms with Gasteiger partial charge in [0, 0.05) is 24.1 Å². The van der Waals surface area contributed by atoms with Crippen molar-refractivity contribution in [1.82, 2.24) is 4.90 Å². The molecule has 2 aromatic carbocycles. The van der Waals surface area contributed by atoms with E-state index in [1.54, 1.807) is 7.11 Å². The summed E-state index contributed by atoms with van der Waals surface area (Å²) in [4.78, 5) is 9.34. The Hall–Kier alpha value is -2.63. The van der Waals surface area contributed by atoms with Crippen molar-refractivity contribution in [2.45, 2.75) is 18.4 Å². The van der Waals surface area contributed by atoms with E-state index in [1.807, 2.05) is 24.4 Å². The van der Waals surface area contributed by atoms with Crippen LogP contribution >= 0.6 is 0 Å². The number of anilines is 2. The molecule has 0 aromatic heterocycles. The van der Waals surface area contributed by atoms with Crippen molar-refractivity contribution >= 4 is 17.6 Å². The number of aliphatic imine (C=N–C) groups is 1. The first kappa shape index (κ1) is 20.6. The van der Waals surface area contributed by atoms with Crippen LogP contribution in [0.3, 0.4) is 0 Å². The highest BCUT2D eigenvalue weighted by Gasteiger charge is 2.40. The molecule has 0 aliphatic carbocycles. The number of dihydropyridines is 1. The van der Waals surface area contributed by atoms with E-state index in [2.05, 4.69) is 63.3 Å². The van der Waals surface area contributed by atoms with Crippen molar-refractivity contribution in [1.29, 1.82) is 0 Å². The van der Waals surface area contributed by atoms with Gasteiger partial charge in [-0.1, -0.05) is 36.4 Å². The number of benzene rings is 2. The number of allylic oxidation sites excluding steroid dienone is 1. The van der Waals surface area contributed by atoms with Crippen LogP contribution in [0.15, 0.2) is 77.5 Å². The van der Waals surface area contributed by atoms with Crippen LogP contribution in [0.1, 0.15) is 12.8 Å². The third-order valence-corrected chi connectivity index (χ3v) is 5.88. The number of methoxy groups -OCH3 is 1. The number of nitrogens with zero attached hydrogens (tertiary/aromatic N) is 3. The summed E-state index contributed by atoms with van der Waals surface area (Å²) < 4.78 is 12.4. The van der Waals surface area contributed by atoms with Crippen molar-refractivity contribution in [3.05, 3.63) is 72.5 Å². The van der Waals surface area contributed by atoms with Crippen LogP contribution in [0.5, 0.6) is 0 Å². The minimum atomic E-state index is -0.630. The van der Waals surface area contributed by atoms with Crippen molar-refractivity contribution < 1.29 is 9.47 Å². The molecule has 2 aliphatic rings. The van der Waals surface area contributed by atoms with E-state index in [0.29, 0.717) is 19.7 Å². The average molecular weight is 406 g/mol. The van der Waals surface area contributed by atoms with Crippen LogP contribution in [-0.2, 0) is 9.47 Å². The lowest BCUT2D eigenvalue weighted by atomic mass is 9.97. The predicted molar refractivity (Wildman–Crippen MR) is 123 cm³/mol. The van der Waals surface area contributed by atoms with Gasteiger partial charge in [-0.2, -0.15) is 0 Å². The Labute approximate surface area is 179 Å². The largest absolute Gasteiger partial charge is 0.498 e. The Kier molecular flexibility index (Phi) is 6.82. The summed E-state index contributed by atoms with van der Waals surface area (Å²) in [6.07, 6.45) is 6.33. The molecule has 1 fully saturated rings. The third-order valence-electron chi connectivity index (χ3n) is 5.88. The van der Waals surface area contributed by atoms with Crippen molar-refractivity contribution in [2.75, 3.05) is 51.3 Å². The average Bonchev–Trinajstić information content (AvgIpc) is 3.33. The Morgan fingerprint density at radius 2 is 1.60 bits per heavy atom. The number of rotatable bonds is 9. The third kappa shape index (κ3) is 4.74. The molecule has 1 saturated heterocycles. The fourth-order valence-corrected chi connectivity index (χ4v) is 4.27. The molecule has 2 aromatic rings. The maximum absolute atomic E-state index is 6.62. The molecule has 5 heteroatoms. The van der Waals surface area contributed by atoms with Gasteiger partial charge in [-0.15, -0.1) is 0 Å². The summed E-state index contributed by atoms with van der Waals surface area (Å²) in [5.74, 6) is 0.829. The second-order valence-electron chi connectivity index (χ2n) is 7.87. The number of hydrogen-bond donors (Lipinski definition) is 0. The van der Waals surface area contributed by atoms with Gasteiger partial charge >= 0.3 is 0 Å². The summed E-state index contributed by atoms with van der Waals surface area (Å²) in [5, 5.41) is 0. The van der Waals surface area contributed by atoms with E-state index in [9.17, 15) is 0 Å². The molecule has 5 nitrogen and oxygen atoms in total. The lowest BCUT2D eigenvalue weighted by molar-refractivity contribution is -0.0434. The zero-order valence-corrected chi connectivity index (χ0v) is 17.7. The maximum Gasteiger partial charge on any atom is 0.162 e. The minimum absolute atomic E-state index is 0.544. The van der Waals surface area contributed by atoms with E-state index < -0.39 is 5.60 Å². The molecule has 0 N–H and O–H groups in total. The van der Waals surface area contributed by atoms with Gasteiger partial charge in [0.1, 0.15) is 5.76 Å². The normalized spacial score (nSPS) is 21.4.